The average Bonchev–Trinajstić information content (AvgIpc) is 2.19. The summed E-state index contributed by atoms with van der Waals surface area (Å²) in [5.74, 6) is -0.280. The largest absolute Gasteiger partial charge is 0.319 e. The zero-order chi connectivity index (χ0) is 8.43. The van der Waals surface area contributed by atoms with Crippen LogP contribution < -0.4 is 5.32 Å². The van der Waals surface area contributed by atoms with Crippen LogP contribution in [0.4, 0.5) is 0 Å². The third kappa shape index (κ3) is 1.40. The predicted molar refractivity (Wildman–Crippen MR) is 39.8 cm³/mol. The van der Waals surface area contributed by atoms with Crippen LogP contribution in [-0.4, -0.2) is 37.4 Å². The first-order chi connectivity index (χ1) is 5.16. The molecule has 0 saturated carbocycles. The van der Waals surface area contributed by atoms with Gasteiger partial charge in [0.1, 0.15) is 0 Å². The molecule has 62 valence electrons. The Morgan fingerprint density at radius 1 is 1.64 bits per heavy atom. The van der Waals surface area contributed by atoms with E-state index in [1.54, 1.807) is 7.05 Å². The van der Waals surface area contributed by atoms with E-state index in [4.69, 9.17) is 0 Å². The number of rotatable bonds is 2. The molecule has 1 aliphatic heterocycles. The molecule has 1 heterocycles. The molecule has 0 spiro atoms. The molecular weight excluding hydrogens is 144 g/mol. The normalized spacial score (nSPS) is 24.9. The fourth-order valence-corrected chi connectivity index (χ4v) is 1.24. The molecule has 0 aromatic rings. The second-order valence-electron chi connectivity index (χ2n) is 2.75. The molecule has 1 saturated heterocycles. The van der Waals surface area contributed by atoms with Crippen molar-refractivity contribution in [1.29, 1.82) is 0 Å². The Kier molecular flexibility index (Phi) is 2.24. The fraction of sp³-hybridized carbons (Fsp3) is 0.714. The van der Waals surface area contributed by atoms with Crippen LogP contribution >= 0.6 is 0 Å². The Morgan fingerprint density at radius 3 is 2.64 bits per heavy atom. The molecule has 1 rings (SSSR count). The molecule has 0 bridgehead atoms. The summed E-state index contributed by atoms with van der Waals surface area (Å²) in [6.45, 7) is 0.592. The van der Waals surface area contributed by atoms with Gasteiger partial charge in [0.2, 0.25) is 11.8 Å². The van der Waals surface area contributed by atoms with Gasteiger partial charge in [-0.25, -0.2) is 0 Å². The Bertz CT molecular complexity index is 191. The van der Waals surface area contributed by atoms with Gasteiger partial charge in [-0.15, -0.1) is 0 Å². The van der Waals surface area contributed by atoms with E-state index in [0.29, 0.717) is 13.0 Å². The van der Waals surface area contributed by atoms with Crippen molar-refractivity contribution in [3.63, 3.8) is 0 Å². The Balaban J connectivity index is 2.60. The molecule has 4 heteroatoms. The number of nitrogens with one attached hydrogen (secondary N) is 1. The number of carbonyl (C=O) groups is 2. The Labute approximate surface area is 65.6 Å². The lowest BCUT2D eigenvalue weighted by Gasteiger charge is -2.06. The zero-order valence-corrected chi connectivity index (χ0v) is 6.76. The first-order valence-corrected chi connectivity index (χ1v) is 3.61. The second kappa shape index (κ2) is 3.00. The SMILES string of the molecule is CNCC1CC(=O)N(C)C1=O. The van der Waals surface area contributed by atoms with Gasteiger partial charge in [0, 0.05) is 20.0 Å². The van der Waals surface area contributed by atoms with E-state index in [1.807, 2.05) is 0 Å². The van der Waals surface area contributed by atoms with Gasteiger partial charge in [0.25, 0.3) is 0 Å². The first-order valence-electron chi connectivity index (χ1n) is 3.61. The van der Waals surface area contributed by atoms with E-state index in [1.165, 1.54) is 11.9 Å². The lowest BCUT2D eigenvalue weighted by molar-refractivity contribution is -0.137. The quantitative estimate of drug-likeness (QED) is 0.533. The van der Waals surface area contributed by atoms with Crippen molar-refractivity contribution in [3.05, 3.63) is 0 Å². The van der Waals surface area contributed by atoms with Crippen molar-refractivity contribution in [1.82, 2.24) is 10.2 Å². The molecule has 4 nitrogen and oxygen atoms in total. The van der Waals surface area contributed by atoms with Gasteiger partial charge in [0.15, 0.2) is 0 Å². The molecule has 2 amide bonds. The van der Waals surface area contributed by atoms with E-state index >= 15 is 0 Å². The highest BCUT2D eigenvalue weighted by Gasteiger charge is 2.34. The number of hydrogen-bond acceptors (Lipinski definition) is 3. The smallest absolute Gasteiger partial charge is 0.233 e. The van der Waals surface area contributed by atoms with Gasteiger partial charge in [0.05, 0.1) is 5.92 Å². The highest BCUT2D eigenvalue weighted by Crippen LogP contribution is 2.16. The van der Waals surface area contributed by atoms with Gasteiger partial charge in [-0.1, -0.05) is 0 Å². The van der Waals surface area contributed by atoms with Gasteiger partial charge in [-0.3, -0.25) is 14.5 Å². The minimum Gasteiger partial charge on any atom is -0.319 e. The third-order valence-corrected chi connectivity index (χ3v) is 1.93. The standard InChI is InChI=1S/C7H12N2O2/c1-8-4-5-3-6(10)9(2)7(5)11/h5,8H,3-4H2,1-2H3. The summed E-state index contributed by atoms with van der Waals surface area (Å²) in [6.07, 6.45) is 0.357. The second-order valence-corrected chi connectivity index (χ2v) is 2.75. The molecule has 1 atom stereocenters. The highest BCUT2D eigenvalue weighted by atomic mass is 16.2. The number of nitrogens with zero attached hydrogens (tertiary/aromatic N) is 1. The number of carbonyl (C=O) groups excluding carboxylic acids is 2. The molecule has 0 aromatic carbocycles. The fourth-order valence-electron chi connectivity index (χ4n) is 1.24. The number of likely N-dealkylation sites (tertiary alicyclic amines) is 1. The van der Waals surface area contributed by atoms with E-state index in [-0.39, 0.29) is 17.7 Å². The van der Waals surface area contributed by atoms with E-state index in [0.717, 1.165) is 0 Å². The monoisotopic (exact) mass is 156 g/mol. The van der Waals surface area contributed by atoms with Crippen LogP contribution in [0.5, 0.6) is 0 Å². The van der Waals surface area contributed by atoms with Gasteiger partial charge in [-0.2, -0.15) is 0 Å². The van der Waals surface area contributed by atoms with Crippen molar-refractivity contribution in [2.75, 3.05) is 20.6 Å². The van der Waals surface area contributed by atoms with Crippen molar-refractivity contribution in [2.45, 2.75) is 6.42 Å². The minimum atomic E-state index is -0.141. The molecule has 0 radical (unpaired) electrons. The zero-order valence-electron chi connectivity index (χ0n) is 6.76. The van der Waals surface area contributed by atoms with Crippen LogP contribution in [0.1, 0.15) is 6.42 Å². The molecule has 1 N–H and O–H groups in total. The first kappa shape index (κ1) is 8.20. The maximum absolute atomic E-state index is 11.2. The minimum absolute atomic E-state index is 0.0654. The molecule has 1 aliphatic rings. The van der Waals surface area contributed by atoms with Crippen LogP contribution in [0.15, 0.2) is 0 Å². The predicted octanol–water partition coefficient (Wildman–Crippen LogP) is -0.789. The highest BCUT2D eigenvalue weighted by molar-refractivity contribution is 6.03. The number of hydrogen-bond donors (Lipinski definition) is 1. The topological polar surface area (TPSA) is 49.4 Å². The summed E-state index contributed by atoms with van der Waals surface area (Å²) in [7, 11) is 3.30. The van der Waals surface area contributed by atoms with Crippen LogP contribution in [0.2, 0.25) is 0 Å². The van der Waals surface area contributed by atoms with Crippen LogP contribution in [0.25, 0.3) is 0 Å². The van der Waals surface area contributed by atoms with Crippen LogP contribution in [-0.2, 0) is 9.59 Å². The van der Waals surface area contributed by atoms with E-state index < -0.39 is 0 Å². The summed E-state index contributed by atoms with van der Waals surface area (Å²) in [6, 6.07) is 0. The molecule has 11 heavy (non-hydrogen) atoms. The Hall–Kier alpha value is -0.900. The Morgan fingerprint density at radius 2 is 2.27 bits per heavy atom. The lowest BCUT2D eigenvalue weighted by atomic mass is 10.1. The lowest BCUT2D eigenvalue weighted by Crippen LogP contribution is -2.29. The number of imide groups is 1. The molecular formula is C7H12N2O2. The van der Waals surface area contributed by atoms with Crippen LogP contribution in [0, 0.1) is 5.92 Å². The third-order valence-electron chi connectivity index (χ3n) is 1.93. The molecule has 1 unspecified atom stereocenters. The molecule has 1 fully saturated rings. The maximum Gasteiger partial charge on any atom is 0.233 e. The average molecular weight is 156 g/mol. The van der Waals surface area contributed by atoms with Crippen molar-refractivity contribution >= 4 is 11.8 Å². The van der Waals surface area contributed by atoms with Crippen LogP contribution in [0.3, 0.4) is 0 Å². The van der Waals surface area contributed by atoms with Gasteiger partial charge < -0.3 is 5.32 Å². The summed E-state index contributed by atoms with van der Waals surface area (Å²) in [4.78, 5) is 23.3. The van der Waals surface area contributed by atoms with Crippen molar-refractivity contribution in [3.8, 4) is 0 Å². The maximum atomic E-state index is 11.2. The summed E-state index contributed by atoms with van der Waals surface area (Å²) in [5.41, 5.74) is 0. The number of amides is 2. The van der Waals surface area contributed by atoms with Crippen molar-refractivity contribution < 1.29 is 9.59 Å². The van der Waals surface area contributed by atoms with Gasteiger partial charge in [-0.05, 0) is 7.05 Å². The summed E-state index contributed by atoms with van der Waals surface area (Å²) < 4.78 is 0. The molecule has 0 aliphatic carbocycles. The van der Waals surface area contributed by atoms with Gasteiger partial charge >= 0.3 is 0 Å². The van der Waals surface area contributed by atoms with E-state index in [9.17, 15) is 9.59 Å². The summed E-state index contributed by atoms with van der Waals surface area (Å²) >= 11 is 0. The summed E-state index contributed by atoms with van der Waals surface area (Å²) in [5, 5.41) is 2.88. The van der Waals surface area contributed by atoms with E-state index in [2.05, 4.69) is 5.32 Å². The molecule has 0 aromatic heterocycles. The van der Waals surface area contributed by atoms with Crippen molar-refractivity contribution in [2.24, 2.45) is 5.92 Å².